The lowest BCUT2D eigenvalue weighted by molar-refractivity contribution is 0.584. The number of halogens is 2. The Morgan fingerprint density at radius 3 is 2.72 bits per heavy atom. The maximum atomic E-state index is 13.2. The van der Waals surface area contributed by atoms with E-state index < -0.39 is 15.8 Å². The van der Waals surface area contributed by atoms with Crippen molar-refractivity contribution in [1.82, 2.24) is 4.72 Å². The zero-order valence-corrected chi connectivity index (χ0v) is 11.4. The third-order valence-electron chi connectivity index (χ3n) is 2.14. The fourth-order valence-corrected chi connectivity index (χ4v) is 2.45. The van der Waals surface area contributed by atoms with Crippen molar-refractivity contribution < 1.29 is 12.8 Å². The van der Waals surface area contributed by atoms with Crippen LogP contribution in [0.2, 0.25) is 5.02 Å². The van der Waals surface area contributed by atoms with Crippen molar-refractivity contribution in [2.24, 2.45) is 0 Å². The molecule has 1 aromatic rings. The number of hydrogen-bond donors (Lipinski definition) is 3. The molecule has 0 saturated carbocycles. The van der Waals surface area contributed by atoms with Gasteiger partial charge in [-0.15, -0.1) is 0 Å². The summed E-state index contributed by atoms with van der Waals surface area (Å²) < 4.78 is 38.2. The molecule has 0 aliphatic heterocycles. The van der Waals surface area contributed by atoms with Gasteiger partial charge >= 0.3 is 0 Å². The Balaban J connectivity index is 2.62. The summed E-state index contributed by atoms with van der Waals surface area (Å²) in [6, 6.07) is 2.41. The standard InChI is InChI=1S/C10H15ClFN3O2S/c1-2-15-18(16,17)4-3-14-10-6-8(12)7(11)5-9(10)13/h5-6,14-15H,2-4,13H2,1H3. The van der Waals surface area contributed by atoms with Crippen molar-refractivity contribution in [3.8, 4) is 0 Å². The average molecular weight is 296 g/mol. The van der Waals surface area contributed by atoms with E-state index >= 15 is 0 Å². The minimum Gasteiger partial charge on any atom is -0.397 e. The van der Waals surface area contributed by atoms with Gasteiger partial charge in [-0.25, -0.2) is 17.5 Å². The van der Waals surface area contributed by atoms with E-state index in [4.69, 9.17) is 17.3 Å². The molecule has 0 heterocycles. The van der Waals surface area contributed by atoms with Crippen molar-refractivity contribution in [2.45, 2.75) is 6.92 Å². The SMILES string of the molecule is CCNS(=O)(=O)CCNc1cc(F)c(Cl)cc1N. The lowest BCUT2D eigenvalue weighted by Gasteiger charge is -2.10. The summed E-state index contributed by atoms with van der Waals surface area (Å²) in [7, 11) is -3.31. The predicted octanol–water partition coefficient (Wildman–Crippen LogP) is 1.41. The summed E-state index contributed by atoms with van der Waals surface area (Å²) in [5.74, 6) is -0.729. The molecule has 0 radical (unpaired) electrons. The van der Waals surface area contributed by atoms with Crippen molar-refractivity contribution in [1.29, 1.82) is 0 Å². The number of nitrogen functional groups attached to an aromatic ring is 1. The van der Waals surface area contributed by atoms with E-state index in [0.29, 0.717) is 12.2 Å². The molecule has 0 atom stereocenters. The Hall–Kier alpha value is -1.05. The largest absolute Gasteiger partial charge is 0.397 e. The Morgan fingerprint density at radius 1 is 1.44 bits per heavy atom. The molecular weight excluding hydrogens is 281 g/mol. The quantitative estimate of drug-likeness (QED) is 0.693. The molecular formula is C10H15ClFN3O2S. The van der Waals surface area contributed by atoms with Crippen molar-refractivity contribution in [2.75, 3.05) is 29.9 Å². The van der Waals surface area contributed by atoms with Gasteiger partial charge in [-0.3, -0.25) is 0 Å². The first-order valence-electron chi connectivity index (χ1n) is 5.31. The van der Waals surface area contributed by atoms with Crippen LogP contribution in [-0.4, -0.2) is 27.3 Å². The number of sulfonamides is 1. The van der Waals surface area contributed by atoms with E-state index in [-0.39, 0.29) is 23.0 Å². The van der Waals surface area contributed by atoms with Gasteiger partial charge in [0, 0.05) is 19.2 Å². The lowest BCUT2D eigenvalue weighted by Crippen LogP contribution is -2.29. The second-order valence-electron chi connectivity index (χ2n) is 3.60. The van der Waals surface area contributed by atoms with Crippen LogP contribution < -0.4 is 15.8 Å². The van der Waals surface area contributed by atoms with E-state index in [0.717, 1.165) is 6.07 Å². The highest BCUT2D eigenvalue weighted by atomic mass is 35.5. The molecule has 0 spiro atoms. The molecule has 4 N–H and O–H groups in total. The summed E-state index contributed by atoms with van der Waals surface area (Å²) in [5, 5.41) is 2.68. The molecule has 0 fully saturated rings. The van der Waals surface area contributed by atoms with Crippen LogP contribution in [0, 0.1) is 5.82 Å². The molecule has 1 rings (SSSR count). The topological polar surface area (TPSA) is 84.2 Å². The van der Waals surface area contributed by atoms with Gasteiger partial charge in [0.05, 0.1) is 22.2 Å². The molecule has 0 amide bonds. The van der Waals surface area contributed by atoms with Gasteiger partial charge in [0.1, 0.15) is 5.82 Å². The lowest BCUT2D eigenvalue weighted by atomic mass is 10.2. The van der Waals surface area contributed by atoms with Crippen molar-refractivity contribution in [3.05, 3.63) is 23.0 Å². The van der Waals surface area contributed by atoms with Gasteiger partial charge in [0.15, 0.2) is 0 Å². The molecule has 1 aromatic carbocycles. The molecule has 0 bridgehead atoms. The normalized spacial score (nSPS) is 11.5. The fraction of sp³-hybridized carbons (Fsp3) is 0.400. The van der Waals surface area contributed by atoms with Gasteiger partial charge in [-0.05, 0) is 6.07 Å². The highest BCUT2D eigenvalue weighted by Gasteiger charge is 2.10. The molecule has 0 aromatic heterocycles. The second kappa shape index (κ2) is 6.21. The van der Waals surface area contributed by atoms with Crippen LogP contribution in [0.3, 0.4) is 0 Å². The zero-order valence-electron chi connectivity index (χ0n) is 9.83. The number of nitrogens with two attached hydrogens (primary N) is 1. The van der Waals surface area contributed by atoms with E-state index in [2.05, 4.69) is 10.0 Å². The molecule has 0 saturated heterocycles. The fourth-order valence-electron chi connectivity index (χ4n) is 1.33. The van der Waals surface area contributed by atoms with E-state index in [1.54, 1.807) is 6.92 Å². The Morgan fingerprint density at radius 2 is 2.11 bits per heavy atom. The third-order valence-corrected chi connectivity index (χ3v) is 3.90. The van der Waals surface area contributed by atoms with E-state index in [1.807, 2.05) is 0 Å². The van der Waals surface area contributed by atoms with Crippen LogP contribution in [0.5, 0.6) is 0 Å². The monoisotopic (exact) mass is 295 g/mol. The molecule has 0 aliphatic carbocycles. The predicted molar refractivity (Wildman–Crippen MR) is 71.8 cm³/mol. The van der Waals surface area contributed by atoms with Crippen LogP contribution >= 0.6 is 11.6 Å². The zero-order chi connectivity index (χ0) is 13.8. The first kappa shape index (κ1) is 15.0. The smallest absolute Gasteiger partial charge is 0.213 e. The van der Waals surface area contributed by atoms with Gasteiger partial charge < -0.3 is 11.1 Å². The van der Waals surface area contributed by atoms with Gasteiger partial charge in [0.2, 0.25) is 10.0 Å². The molecule has 0 aliphatic rings. The Kier molecular flexibility index (Phi) is 5.18. The van der Waals surface area contributed by atoms with Gasteiger partial charge in [-0.2, -0.15) is 0 Å². The Bertz CT molecular complexity index is 522. The van der Waals surface area contributed by atoms with Crippen LogP contribution in [-0.2, 0) is 10.0 Å². The van der Waals surface area contributed by atoms with Crippen molar-refractivity contribution >= 4 is 33.0 Å². The molecule has 102 valence electrons. The summed E-state index contributed by atoms with van der Waals surface area (Å²) in [6.45, 7) is 2.15. The number of nitrogens with one attached hydrogen (secondary N) is 2. The highest BCUT2D eigenvalue weighted by molar-refractivity contribution is 7.89. The second-order valence-corrected chi connectivity index (χ2v) is 5.93. The minimum atomic E-state index is -3.31. The van der Waals surface area contributed by atoms with Crippen LogP contribution in [0.15, 0.2) is 12.1 Å². The maximum absolute atomic E-state index is 13.2. The summed E-state index contributed by atoms with van der Waals surface area (Å²) in [4.78, 5) is 0. The van der Waals surface area contributed by atoms with E-state index in [1.165, 1.54) is 6.07 Å². The maximum Gasteiger partial charge on any atom is 0.213 e. The molecule has 8 heteroatoms. The van der Waals surface area contributed by atoms with Gasteiger partial charge in [0.25, 0.3) is 0 Å². The van der Waals surface area contributed by atoms with Crippen LogP contribution in [0.4, 0.5) is 15.8 Å². The van der Waals surface area contributed by atoms with E-state index in [9.17, 15) is 12.8 Å². The molecule has 18 heavy (non-hydrogen) atoms. The third kappa shape index (κ3) is 4.32. The number of hydrogen-bond acceptors (Lipinski definition) is 4. The van der Waals surface area contributed by atoms with Crippen LogP contribution in [0.1, 0.15) is 6.92 Å². The summed E-state index contributed by atoms with van der Waals surface area (Å²) >= 11 is 5.55. The first-order valence-corrected chi connectivity index (χ1v) is 7.34. The number of anilines is 2. The summed E-state index contributed by atoms with van der Waals surface area (Å²) in [5.41, 5.74) is 6.21. The van der Waals surface area contributed by atoms with Crippen LogP contribution in [0.25, 0.3) is 0 Å². The number of rotatable bonds is 6. The number of benzene rings is 1. The highest BCUT2D eigenvalue weighted by Crippen LogP contribution is 2.25. The van der Waals surface area contributed by atoms with Gasteiger partial charge in [-0.1, -0.05) is 18.5 Å². The minimum absolute atomic E-state index is 0.0710. The Labute approximate surface area is 111 Å². The molecule has 5 nitrogen and oxygen atoms in total. The van der Waals surface area contributed by atoms with Crippen molar-refractivity contribution in [3.63, 3.8) is 0 Å². The first-order chi connectivity index (χ1) is 8.35. The molecule has 0 unspecified atom stereocenters. The average Bonchev–Trinajstić information content (AvgIpc) is 2.25. The summed E-state index contributed by atoms with van der Waals surface area (Å²) in [6.07, 6.45) is 0.